The molecule has 0 bridgehead atoms. The largest absolute Gasteiger partial charge is 0.349 e. The Labute approximate surface area is 122 Å². The van der Waals surface area contributed by atoms with E-state index in [-0.39, 0.29) is 11.9 Å². The molecule has 1 aromatic heterocycles. The first-order valence-electron chi connectivity index (χ1n) is 6.21. The lowest BCUT2D eigenvalue weighted by Crippen LogP contribution is -2.30. The minimum absolute atomic E-state index is 0.0572. The predicted molar refractivity (Wildman–Crippen MR) is 79.4 cm³/mol. The zero-order valence-electron chi connectivity index (χ0n) is 11.2. The van der Waals surface area contributed by atoms with Crippen LogP contribution in [0.2, 0.25) is 5.02 Å². The maximum atomic E-state index is 11.9. The van der Waals surface area contributed by atoms with Crippen molar-refractivity contribution < 1.29 is 4.79 Å². The molecule has 0 fully saturated rings. The van der Waals surface area contributed by atoms with Crippen LogP contribution in [0.3, 0.4) is 0 Å². The Kier molecular flexibility index (Phi) is 4.53. The number of halogens is 1. The first-order chi connectivity index (χ1) is 9.54. The SMILES string of the molecule is CC(C)NC(=O)c1ccnc(Nc2cccc(Cl)c2)n1. The Hall–Kier alpha value is -2.14. The molecule has 0 spiro atoms. The van der Waals surface area contributed by atoms with Gasteiger partial charge < -0.3 is 10.6 Å². The van der Waals surface area contributed by atoms with Gasteiger partial charge in [-0.1, -0.05) is 17.7 Å². The highest BCUT2D eigenvalue weighted by Gasteiger charge is 2.09. The van der Waals surface area contributed by atoms with Crippen LogP contribution in [0.5, 0.6) is 0 Å². The van der Waals surface area contributed by atoms with Crippen LogP contribution in [0, 0.1) is 0 Å². The summed E-state index contributed by atoms with van der Waals surface area (Å²) in [6.45, 7) is 3.79. The summed E-state index contributed by atoms with van der Waals surface area (Å²) in [5.74, 6) is 0.125. The number of carbonyl (C=O) groups excluding carboxylic acids is 1. The summed E-state index contributed by atoms with van der Waals surface area (Å²) < 4.78 is 0. The summed E-state index contributed by atoms with van der Waals surface area (Å²) in [6.07, 6.45) is 1.54. The third-order valence-electron chi connectivity index (χ3n) is 2.39. The maximum absolute atomic E-state index is 11.9. The smallest absolute Gasteiger partial charge is 0.270 e. The number of hydrogen-bond acceptors (Lipinski definition) is 4. The summed E-state index contributed by atoms with van der Waals surface area (Å²) in [5, 5.41) is 6.40. The Balaban J connectivity index is 2.15. The van der Waals surface area contributed by atoms with Gasteiger partial charge in [0.2, 0.25) is 5.95 Å². The second kappa shape index (κ2) is 6.34. The number of aromatic nitrogens is 2. The van der Waals surface area contributed by atoms with Crippen LogP contribution in [-0.2, 0) is 0 Å². The van der Waals surface area contributed by atoms with E-state index < -0.39 is 0 Å². The standard InChI is InChI=1S/C14H15ClN4O/c1-9(2)17-13(20)12-6-7-16-14(19-12)18-11-5-3-4-10(15)8-11/h3-9H,1-2H3,(H,17,20)(H,16,18,19). The van der Waals surface area contributed by atoms with Crippen molar-refractivity contribution in [3.05, 3.63) is 47.2 Å². The van der Waals surface area contributed by atoms with Crippen LogP contribution in [0.15, 0.2) is 36.5 Å². The van der Waals surface area contributed by atoms with E-state index in [1.165, 1.54) is 6.20 Å². The molecule has 0 radical (unpaired) electrons. The van der Waals surface area contributed by atoms with E-state index in [9.17, 15) is 4.79 Å². The quantitative estimate of drug-likeness (QED) is 0.908. The van der Waals surface area contributed by atoms with Crippen LogP contribution in [0.4, 0.5) is 11.6 Å². The molecule has 0 aliphatic heterocycles. The van der Waals surface area contributed by atoms with Crippen molar-refractivity contribution in [2.75, 3.05) is 5.32 Å². The predicted octanol–water partition coefficient (Wildman–Crippen LogP) is 3.01. The summed E-state index contributed by atoms with van der Waals surface area (Å²) in [5.41, 5.74) is 1.08. The fraction of sp³-hybridized carbons (Fsp3) is 0.214. The topological polar surface area (TPSA) is 66.9 Å². The first kappa shape index (κ1) is 14.3. The summed E-state index contributed by atoms with van der Waals surface area (Å²) in [6, 6.07) is 8.82. The molecule has 6 heteroatoms. The number of nitrogens with one attached hydrogen (secondary N) is 2. The number of anilines is 2. The maximum Gasteiger partial charge on any atom is 0.270 e. The van der Waals surface area contributed by atoms with Gasteiger partial charge in [0.15, 0.2) is 0 Å². The van der Waals surface area contributed by atoms with Crippen molar-refractivity contribution in [3.63, 3.8) is 0 Å². The number of carbonyl (C=O) groups is 1. The molecule has 1 heterocycles. The minimum Gasteiger partial charge on any atom is -0.349 e. The number of benzene rings is 1. The van der Waals surface area contributed by atoms with Gasteiger partial charge in [-0.2, -0.15) is 0 Å². The van der Waals surface area contributed by atoms with E-state index in [0.717, 1.165) is 5.69 Å². The van der Waals surface area contributed by atoms with Crippen molar-refractivity contribution in [1.29, 1.82) is 0 Å². The first-order valence-corrected chi connectivity index (χ1v) is 6.59. The number of rotatable bonds is 4. The zero-order valence-corrected chi connectivity index (χ0v) is 12.0. The summed E-state index contributed by atoms with van der Waals surface area (Å²) in [7, 11) is 0. The van der Waals surface area contributed by atoms with Crippen molar-refractivity contribution in [3.8, 4) is 0 Å². The highest BCUT2D eigenvalue weighted by molar-refractivity contribution is 6.30. The van der Waals surface area contributed by atoms with E-state index in [4.69, 9.17) is 11.6 Å². The third kappa shape index (κ3) is 3.93. The van der Waals surface area contributed by atoms with Crippen molar-refractivity contribution in [2.24, 2.45) is 0 Å². The average Bonchev–Trinajstić information content (AvgIpc) is 2.38. The van der Waals surface area contributed by atoms with Gasteiger partial charge in [0.1, 0.15) is 5.69 Å². The molecule has 0 aliphatic rings. The molecular weight excluding hydrogens is 276 g/mol. The molecule has 2 N–H and O–H groups in total. The number of hydrogen-bond donors (Lipinski definition) is 2. The molecule has 0 aliphatic carbocycles. The normalized spacial score (nSPS) is 10.4. The monoisotopic (exact) mass is 290 g/mol. The number of nitrogens with zero attached hydrogens (tertiary/aromatic N) is 2. The van der Waals surface area contributed by atoms with Gasteiger partial charge in [-0.3, -0.25) is 4.79 Å². The Morgan fingerprint density at radius 2 is 2.10 bits per heavy atom. The van der Waals surface area contributed by atoms with E-state index in [1.807, 2.05) is 26.0 Å². The third-order valence-corrected chi connectivity index (χ3v) is 2.62. The molecule has 20 heavy (non-hydrogen) atoms. The molecule has 0 atom stereocenters. The number of amides is 1. The second-order valence-corrected chi connectivity index (χ2v) is 4.97. The fourth-order valence-electron chi connectivity index (χ4n) is 1.58. The van der Waals surface area contributed by atoms with Crippen LogP contribution >= 0.6 is 11.6 Å². The van der Waals surface area contributed by atoms with E-state index in [0.29, 0.717) is 16.7 Å². The van der Waals surface area contributed by atoms with Crippen molar-refractivity contribution in [1.82, 2.24) is 15.3 Å². The van der Waals surface area contributed by atoms with Crippen molar-refractivity contribution >= 4 is 29.1 Å². The summed E-state index contributed by atoms with van der Waals surface area (Å²) >= 11 is 5.91. The average molecular weight is 291 g/mol. The second-order valence-electron chi connectivity index (χ2n) is 4.53. The van der Waals surface area contributed by atoms with E-state index >= 15 is 0 Å². The highest BCUT2D eigenvalue weighted by atomic mass is 35.5. The zero-order chi connectivity index (χ0) is 14.5. The van der Waals surface area contributed by atoms with Gasteiger partial charge in [-0.25, -0.2) is 9.97 Å². The van der Waals surface area contributed by atoms with Gasteiger partial charge >= 0.3 is 0 Å². The Bertz CT molecular complexity index is 616. The van der Waals surface area contributed by atoms with Gasteiger partial charge in [-0.05, 0) is 38.1 Å². The molecule has 2 aromatic rings. The lowest BCUT2D eigenvalue weighted by atomic mass is 10.3. The van der Waals surface area contributed by atoms with Crippen molar-refractivity contribution in [2.45, 2.75) is 19.9 Å². The molecule has 1 amide bonds. The van der Waals surface area contributed by atoms with Crippen LogP contribution in [0.25, 0.3) is 0 Å². The van der Waals surface area contributed by atoms with Crippen LogP contribution < -0.4 is 10.6 Å². The lowest BCUT2D eigenvalue weighted by Gasteiger charge is -2.09. The summed E-state index contributed by atoms with van der Waals surface area (Å²) in [4.78, 5) is 20.1. The van der Waals surface area contributed by atoms with Gasteiger partial charge in [-0.15, -0.1) is 0 Å². The van der Waals surface area contributed by atoms with Gasteiger partial charge in [0.05, 0.1) is 0 Å². The van der Waals surface area contributed by atoms with Crippen LogP contribution in [-0.4, -0.2) is 21.9 Å². The van der Waals surface area contributed by atoms with Gasteiger partial charge in [0, 0.05) is 22.9 Å². The molecule has 1 aromatic carbocycles. The minimum atomic E-state index is -0.225. The Morgan fingerprint density at radius 1 is 1.30 bits per heavy atom. The fourth-order valence-corrected chi connectivity index (χ4v) is 1.77. The van der Waals surface area contributed by atoms with E-state index in [1.54, 1.807) is 18.2 Å². The molecule has 0 unspecified atom stereocenters. The molecule has 0 saturated heterocycles. The van der Waals surface area contributed by atoms with Crippen LogP contribution in [0.1, 0.15) is 24.3 Å². The molecule has 5 nitrogen and oxygen atoms in total. The molecule has 104 valence electrons. The molecular formula is C14H15ClN4O. The van der Waals surface area contributed by atoms with E-state index in [2.05, 4.69) is 20.6 Å². The highest BCUT2D eigenvalue weighted by Crippen LogP contribution is 2.17. The van der Waals surface area contributed by atoms with Gasteiger partial charge in [0.25, 0.3) is 5.91 Å². The Morgan fingerprint density at radius 3 is 2.80 bits per heavy atom. The molecule has 0 saturated carbocycles. The molecule has 2 rings (SSSR count). The lowest BCUT2D eigenvalue weighted by molar-refractivity contribution is 0.0938.